The van der Waals surface area contributed by atoms with Gasteiger partial charge in [0.1, 0.15) is 11.8 Å². The van der Waals surface area contributed by atoms with Crippen molar-refractivity contribution in [3.05, 3.63) is 47.5 Å². The van der Waals surface area contributed by atoms with E-state index in [2.05, 4.69) is 38.3 Å². The van der Waals surface area contributed by atoms with Crippen LogP contribution in [0.5, 0.6) is 5.75 Å². The molecule has 1 aliphatic heterocycles. The number of aliphatic hydroxyl groups excluding tert-OH is 1. The van der Waals surface area contributed by atoms with Crippen LogP contribution in [0.4, 0.5) is 5.69 Å². The highest BCUT2D eigenvalue weighted by atomic mass is 16.7. The second kappa shape index (κ2) is 14.1. The Kier molecular flexibility index (Phi) is 10.8. The van der Waals surface area contributed by atoms with E-state index in [1.807, 2.05) is 55.4 Å². The Balaban J connectivity index is 1.64. The summed E-state index contributed by atoms with van der Waals surface area (Å²) >= 11 is 0. The number of rotatable bonds is 12. The molecule has 1 heterocycles. The Bertz CT molecular complexity index is 1360. The molecule has 1 saturated carbocycles. The number of hydrogen-bond acceptors (Lipinski definition) is 8. The summed E-state index contributed by atoms with van der Waals surface area (Å²) in [4.78, 5) is 34.7. The van der Waals surface area contributed by atoms with Gasteiger partial charge in [-0.2, -0.15) is 5.06 Å². The van der Waals surface area contributed by atoms with E-state index in [1.165, 1.54) is 0 Å². The largest absolute Gasteiger partial charge is 0.496 e. The van der Waals surface area contributed by atoms with E-state index < -0.39 is 24.2 Å². The molecule has 5 N–H and O–H groups in total. The van der Waals surface area contributed by atoms with Crippen molar-refractivity contribution in [3.63, 3.8) is 0 Å². The number of carbonyl (C=O) groups excluding carboxylic acids is 2. The molecule has 7 atom stereocenters. The van der Waals surface area contributed by atoms with Crippen LogP contribution in [-0.4, -0.2) is 81.6 Å². The number of benzene rings is 2. The molecular weight excluding hydrogens is 570 g/mol. The predicted molar refractivity (Wildman–Crippen MR) is 178 cm³/mol. The van der Waals surface area contributed by atoms with Crippen LogP contribution in [-0.2, 0) is 16.2 Å². The molecule has 2 aromatic rings. The summed E-state index contributed by atoms with van der Waals surface area (Å²) in [7, 11) is 7.07. The molecule has 1 aliphatic carbocycles. The lowest BCUT2D eigenvalue weighted by atomic mass is 9.52. The molecule has 2 amide bonds. The van der Waals surface area contributed by atoms with E-state index >= 15 is 0 Å². The smallest absolute Gasteiger partial charge is 0.251 e. The number of nitrogens with two attached hydrogens (primary N) is 1. The van der Waals surface area contributed by atoms with Crippen molar-refractivity contribution in [2.45, 2.75) is 65.8 Å². The SMILES string of the molecule is CNC(=O)c1cc(-c2cccc(CN3O[C@@H](CN)[C@@H]([C@H](C)O)[C@H]3C(=O)NC[C@@H](C)[C@H]3C[C@@H](C)C3(C)C)c2OC)cc(N(C)C)c1. The van der Waals surface area contributed by atoms with Crippen molar-refractivity contribution in [2.75, 3.05) is 46.2 Å². The second-order valence-electron chi connectivity index (χ2n) is 13.7. The zero-order valence-corrected chi connectivity index (χ0v) is 28.4. The predicted octanol–water partition coefficient (Wildman–Crippen LogP) is 3.66. The fourth-order valence-electron chi connectivity index (χ4n) is 7.23. The van der Waals surface area contributed by atoms with Crippen LogP contribution in [0.15, 0.2) is 36.4 Å². The molecule has 2 aliphatic rings. The first kappa shape index (κ1) is 34.7. The van der Waals surface area contributed by atoms with Gasteiger partial charge in [-0.1, -0.05) is 45.9 Å². The van der Waals surface area contributed by atoms with Crippen molar-refractivity contribution < 1.29 is 24.3 Å². The molecule has 45 heavy (non-hydrogen) atoms. The maximum Gasteiger partial charge on any atom is 0.251 e. The van der Waals surface area contributed by atoms with Gasteiger partial charge in [-0.25, -0.2) is 0 Å². The Morgan fingerprint density at radius 3 is 2.49 bits per heavy atom. The molecule has 4 rings (SSSR count). The second-order valence-corrected chi connectivity index (χ2v) is 13.7. The summed E-state index contributed by atoms with van der Waals surface area (Å²) in [5, 5.41) is 18.4. The van der Waals surface area contributed by atoms with Crippen molar-refractivity contribution in [2.24, 2.45) is 34.8 Å². The van der Waals surface area contributed by atoms with Gasteiger partial charge in [-0.05, 0) is 60.3 Å². The molecule has 10 nitrogen and oxygen atoms in total. The molecule has 1 saturated heterocycles. The third-order valence-electron chi connectivity index (χ3n) is 10.4. The van der Waals surface area contributed by atoms with Gasteiger partial charge in [-0.15, -0.1) is 0 Å². The van der Waals surface area contributed by atoms with Gasteiger partial charge in [0.2, 0.25) is 5.91 Å². The van der Waals surface area contributed by atoms with Crippen LogP contribution in [0, 0.1) is 29.1 Å². The zero-order valence-electron chi connectivity index (χ0n) is 28.4. The van der Waals surface area contributed by atoms with Crippen LogP contribution in [0.3, 0.4) is 0 Å². The van der Waals surface area contributed by atoms with Gasteiger partial charge in [0.25, 0.3) is 5.91 Å². The summed E-state index contributed by atoms with van der Waals surface area (Å²) in [5.41, 5.74) is 10.2. The van der Waals surface area contributed by atoms with Gasteiger partial charge in [0, 0.05) is 62.5 Å². The average Bonchev–Trinajstić information content (AvgIpc) is 3.39. The third-order valence-corrected chi connectivity index (χ3v) is 10.4. The highest BCUT2D eigenvalue weighted by Gasteiger charge is 2.50. The molecular formula is C35H53N5O5. The average molecular weight is 624 g/mol. The molecule has 0 radical (unpaired) electrons. The standard InChI is InChI=1S/C35H53N5O5/c1-20(28-13-21(2)35(28,4)5)18-38-34(43)31-30(22(3)41)29(17-36)45-40(31)19-23-11-10-12-27(32(23)44-9)24-14-25(33(42)37-6)16-26(15-24)39(7)8/h10-12,14-16,20-22,28-31,41H,13,17-19,36H2,1-9H3,(H,37,42)(H,38,43)/t20-,21-,22+,28-,29+,30-,31+/m1/s1. The first-order valence-corrected chi connectivity index (χ1v) is 16.0. The minimum Gasteiger partial charge on any atom is -0.496 e. The minimum absolute atomic E-state index is 0.164. The van der Waals surface area contributed by atoms with E-state index in [4.69, 9.17) is 15.3 Å². The summed E-state index contributed by atoms with van der Waals surface area (Å²) < 4.78 is 5.97. The molecule has 248 valence electrons. The van der Waals surface area contributed by atoms with Gasteiger partial charge >= 0.3 is 0 Å². The molecule has 2 aromatic carbocycles. The Hall–Kier alpha value is -3.18. The summed E-state index contributed by atoms with van der Waals surface area (Å²) in [6.45, 7) is 11.7. The fraction of sp³-hybridized carbons (Fsp3) is 0.600. The van der Waals surface area contributed by atoms with E-state index in [-0.39, 0.29) is 30.3 Å². The van der Waals surface area contributed by atoms with Crippen LogP contribution in [0.2, 0.25) is 0 Å². The Labute approximate surface area is 268 Å². The summed E-state index contributed by atoms with van der Waals surface area (Å²) in [6, 6.07) is 10.8. The van der Waals surface area contributed by atoms with E-state index in [0.717, 1.165) is 28.8 Å². The monoisotopic (exact) mass is 623 g/mol. The lowest BCUT2D eigenvalue weighted by Crippen LogP contribution is -2.52. The lowest BCUT2D eigenvalue weighted by Gasteiger charge is -2.53. The number of ether oxygens (including phenoxy) is 1. The zero-order chi connectivity index (χ0) is 33.2. The molecule has 0 spiro atoms. The molecule has 10 heteroatoms. The van der Waals surface area contributed by atoms with Crippen LogP contribution < -0.4 is 26.0 Å². The highest BCUT2D eigenvalue weighted by molar-refractivity contribution is 5.97. The summed E-state index contributed by atoms with van der Waals surface area (Å²) in [5.74, 6) is 1.26. The first-order chi connectivity index (χ1) is 21.2. The topological polar surface area (TPSA) is 129 Å². The minimum atomic E-state index is -0.812. The normalized spacial score (nSPS) is 25.6. The number of carbonyl (C=O) groups is 2. The quantitative estimate of drug-likeness (QED) is 0.282. The number of nitrogens with one attached hydrogen (secondary N) is 2. The number of methoxy groups -OCH3 is 1. The van der Waals surface area contributed by atoms with Gasteiger partial charge < -0.3 is 31.1 Å². The number of nitrogens with zero attached hydrogens (tertiary/aromatic N) is 2. The molecule has 0 bridgehead atoms. The van der Waals surface area contributed by atoms with Crippen LogP contribution in [0.1, 0.15) is 57.0 Å². The van der Waals surface area contributed by atoms with Crippen LogP contribution in [0.25, 0.3) is 11.1 Å². The molecule has 0 aromatic heterocycles. The van der Waals surface area contributed by atoms with E-state index in [1.54, 1.807) is 26.1 Å². The maximum absolute atomic E-state index is 13.9. The number of para-hydroxylation sites is 1. The Morgan fingerprint density at radius 1 is 1.22 bits per heavy atom. The summed E-state index contributed by atoms with van der Waals surface area (Å²) in [6.07, 6.45) is -0.175. The lowest BCUT2D eigenvalue weighted by molar-refractivity contribution is -0.174. The van der Waals surface area contributed by atoms with Gasteiger partial charge in [0.05, 0.1) is 25.9 Å². The van der Waals surface area contributed by atoms with Crippen molar-refractivity contribution in [1.29, 1.82) is 0 Å². The molecule has 0 unspecified atom stereocenters. The Morgan fingerprint density at radius 2 is 1.93 bits per heavy atom. The number of hydroxylamine groups is 2. The van der Waals surface area contributed by atoms with Crippen molar-refractivity contribution >= 4 is 17.5 Å². The first-order valence-electron chi connectivity index (χ1n) is 16.0. The number of hydrogen-bond donors (Lipinski definition) is 4. The number of anilines is 1. The number of aliphatic hydroxyl groups is 1. The fourth-order valence-corrected chi connectivity index (χ4v) is 7.23. The van der Waals surface area contributed by atoms with Crippen molar-refractivity contribution in [3.8, 4) is 16.9 Å². The third kappa shape index (κ3) is 6.99. The highest BCUT2D eigenvalue weighted by Crippen LogP contribution is 2.54. The number of amides is 2. The van der Waals surface area contributed by atoms with Crippen LogP contribution >= 0.6 is 0 Å². The van der Waals surface area contributed by atoms with E-state index in [0.29, 0.717) is 35.6 Å². The van der Waals surface area contributed by atoms with Gasteiger partial charge in [-0.3, -0.25) is 14.4 Å². The maximum atomic E-state index is 13.9. The van der Waals surface area contributed by atoms with Gasteiger partial charge in [0.15, 0.2) is 0 Å². The van der Waals surface area contributed by atoms with Crippen molar-refractivity contribution in [1.82, 2.24) is 15.7 Å². The molecule has 2 fully saturated rings. The van der Waals surface area contributed by atoms with E-state index in [9.17, 15) is 14.7 Å².